The first-order valence-corrected chi connectivity index (χ1v) is 7.36. The molecule has 1 heteroatoms. The minimum Gasteiger partial charge on any atom is -0.367 e. The number of hydrogen-bond acceptors (Lipinski definition) is 1. The maximum atomic E-state index is 5.92. The SMILES string of the molecule is CC(C=Cc1ccccc1)OC(C)C=Cc1ccccc1. The van der Waals surface area contributed by atoms with Crippen molar-refractivity contribution in [3.05, 3.63) is 83.9 Å². The van der Waals surface area contributed by atoms with Crippen LogP contribution in [0.1, 0.15) is 25.0 Å². The van der Waals surface area contributed by atoms with Crippen molar-refractivity contribution in [1.82, 2.24) is 0 Å². The van der Waals surface area contributed by atoms with Crippen LogP contribution < -0.4 is 0 Å². The van der Waals surface area contributed by atoms with Gasteiger partial charge in [0, 0.05) is 0 Å². The lowest BCUT2D eigenvalue weighted by atomic mass is 10.2. The molecule has 0 fully saturated rings. The van der Waals surface area contributed by atoms with Crippen LogP contribution in [0.25, 0.3) is 12.2 Å². The van der Waals surface area contributed by atoms with Gasteiger partial charge in [0.2, 0.25) is 0 Å². The van der Waals surface area contributed by atoms with E-state index in [0.717, 1.165) is 0 Å². The minimum absolute atomic E-state index is 0.0839. The van der Waals surface area contributed by atoms with Gasteiger partial charge in [0.15, 0.2) is 0 Å². The molecule has 2 rings (SSSR count). The lowest BCUT2D eigenvalue weighted by molar-refractivity contribution is 0.0640. The molecule has 0 N–H and O–H groups in total. The summed E-state index contributed by atoms with van der Waals surface area (Å²) in [5, 5.41) is 0. The first kappa shape index (κ1) is 15.3. The van der Waals surface area contributed by atoms with Gasteiger partial charge in [-0.1, -0.05) is 85.0 Å². The highest BCUT2D eigenvalue weighted by Crippen LogP contribution is 2.08. The molecule has 0 saturated heterocycles. The van der Waals surface area contributed by atoms with Gasteiger partial charge in [0.1, 0.15) is 0 Å². The van der Waals surface area contributed by atoms with Gasteiger partial charge >= 0.3 is 0 Å². The van der Waals surface area contributed by atoms with Crippen molar-refractivity contribution in [2.75, 3.05) is 0 Å². The maximum Gasteiger partial charge on any atom is 0.0738 e. The van der Waals surface area contributed by atoms with Gasteiger partial charge in [-0.2, -0.15) is 0 Å². The fraction of sp³-hybridized carbons (Fsp3) is 0.200. The Morgan fingerprint density at radius 2 is 1.05 bits per heavy atom. The number of rotatable bonds is 6. The van der Waals surface area contributed by atoms with E-state index >= 15 is 0 Å². The zero-order valence-corrected chi connectivity index (χ0v) is 12.6. The van der Waals surface area contributed by atoms with Crippen LogP contribution in [-0.2, 0) is 4.74 Å². The first-order chi connectivity index (χ1) is 10.2. The topological polar surface area (TPSA) is 9.23 Å². The van der Waals surface area contributed by atoms with Crippen LogP contribution in [0, 0.1) is 0 Å². The Bertz CT molecular complexity index is 516. The predicted octanol–water partition coefficient (Wildman–Crippen LogP) is 5.21. The molecule has 0 aliphatic carbocycles. The summed E-state index contributed by atoms with van der Waals surface area (Å²) in [7, 11) is 0. The summed E-state index contributed by atoms with van der Waals surface area (Å²) < 4.78 is 5.92. The van der Waals surface area contributed by atoms with Crippen molar-refractivity contribution < 1.29 is 4.74 Å². The third-order valence-electron chi connectivity index (χ3n) is 3.15. The van der Waals surface area contributed by atoms with E-state index < -0.39 is 0 Å². The quantitative estimate of drug-likeness (QED) is 0.705. The molecule has 0 spiro atoms. The molecule has 21 heavy (non-hydrogen) atoms. The van der Waals surface area contributed by atoms with Gasteiger partial charge in [-0.3, -0.25) is 0 Å². The van der Waals surface area contributed by atoms with Gasteiger partial charge in [-0.25, -0.2) is 0 Å². The summed E-state index contributed by atoms with van der Waals surface area (Å²) in [6.07, 6.45) is 8.53. The van der Waals surface area contributed by atoms with E-state index in [1.165, 1.54) is 11.1 Å². The molecule has 0 radical (unpaired) electrons. The molecule has 0 aromatic heterocycles. The van der Waals surface area contributed by atoms with E-state index in [0.29, 0.717) is 0 Å². The van der Waals surface area contributed by atoms with Gasteiger partial charge in [-0.15, -0.1) is 0 Å². The Balaban J connectivity index is 1.83. The van der Waals surface area contributed by atoms with Crippen molar-refractivity contribution in [2.24, 2.45) is 0 Å². The molecule has 2 aromatic rings. The summed E-state index contributed by atoms with van der Waals surface area (Å²) in [5.74, 6) is 0. The molecule has 0 saturated carbocycles. The second-order valence-corrected chi connectivity index (χ2v) is 5.09. The van der Waals surface area contributed by atoms with Crippen LogP contribution in [0.4, 0.5) is 0 Å². The molecule has 0 aliphatic heterocycles. The largest absolute Gasteiger partial charge is 0.367 e. The number of hydrogen-bond donors (Lipinski definition) is 0. The maximum absolute atomic E-state index is 5.92. The number of benzene rings is 2. The minimum atomic E-state index is 0.0839. The molecular formula is C20H22O. The van der Waals surface area contributed by atoms with E-state index in [2.05, 4.69) is 62.4 Å². The first-order valence-electron chi connectivity index (χ1n) is 7.36. The van der Waals surface area contributed by atoms with Gasteiger partial charge < -0.3 is 4.74 Å². The van der Waals surface area contributed by atoms with Crippen molar-refractivity contribution in [2.45, 2.75) is 26.1 Å². The highest BCUT2D eigenvalue weighted by atomic mass is 16.5. The van der Waals surface area contributed by atoms with Crippen molar-refractivity contribution in [3.63, 3.8) is 0 Å². The van der Waals surface area contributed by atoms with Crippen LogP contribution in [-0.4, -0.2) is 12.2 Å². The second kappa shape index (κ2) is 8.23. The average molecular weight is 278 g/mol. The molecule has 2 unspecified atom stereocenters. The van der Waals surface area contributed by atoms with Gasteiger partial charge in [-0.05, 0) is 25.0 Å². The van der Waals surface area contributed by atoms with Crippen molar-refractivity contribution >= 4 is 12.2 Å². The highest BCUT2D eigenvalue weighted by Gasteiger charge is 2.02. The van der Waals surface area contributed by atoms with Gasteiger partial charge in [0.25, 0.3) is 0 Å². The lowest BCUT2D eigenvalue weighted by Gasteiger charge is -2.13. The predicted molar refractivity (Wildman–Crippen MR) is 91.0 cm³/mol. The molecule has 0 aliphatic rings. The fourth-order valence-corrected chi connectivity index (χ4v) is 2.05. The van der Waals surface area contributed by atoms with Crippen LogP contribution in [0.3, 0.4) is 0 Å². The Morgan fingerprint density at radius 3 is 1.43 bits per heavy atom. The Morgan fingerprint density at radius 1 is 0.667 bits per heavy atom. The molecule has 0 bridgehead atoms. The second-order valence-electron chi connectivity index (χ2n) is 5.09. The van der Waals surface area contributed by atoms with E-state index in [1.807, 2.05) is 36.4 Å². The summed E-state index contributed by atoms with van der Waals surface area (Å²) in [5.41, 5.74) is 2.39. The van der Waals surface area contributed by atoms with Crippen LogP contribution in [0.5, 0.6) is 0 Å². The molecule has 0 heterocycles. The standard InChI is InChI=1S/C20H22O/c1-17(13-15-19-9-5-3-6-10-19)21-18(2)14-16-20-11-7-4-8-12-20/h3-18H,1-2H3. The number of ether oxygens (including phenoxy) is 1. The van der Waals surface area contributed by atoms with Crippen molar-refractivity contribution in [1.29, 1.82) is 0 Å². The van der Waals surface area contributed by atoms with E-state index in [-0.39, 0.29) is 12.2 Å². The highest BCUT2D eigenvalue weighted by molar-refractivity contribution is 5.50. The van der Waals surface area contributed by atoms with Crippen LogP contribution in [0.15, 0.2) is 72.8 Å². The third kappa shape index (κ3) is 5.80. The van der Waals surface area contributed by atoms with E-state index in [4.69, 9.17) is 4.74 Å². The Hall–Kier alpha value is -2.12. The molecule has 2 atom stereocenters. The monoisotopic (exact) mass is 278 g/mol. The normalized spacial score (nSPS) is 14.6. The van der Waals surface area contributed by atoms with E-state index in [9.17, 15) is 0 Å². The average Bonchev–Trinajstić information content (AvgIpc) is 2.53. The lowest BCUT2D eigenvalue weighted by Crippen LogP contribution is -2.12. The zero-order chi connectivity index (χ0) is 14.9. The van der Waals surface area contributed by atoms with E-state index in [1.54, 1.807) is 0 Å². The van der Waals surface area contributed by atoms with Crippen LogP contribution in [0.2, 0.25) is 0 Å². The fourth-order valence-electron chi connectivity index (χ4n) is 2.05. The van der Waals surface area contributed by atoms with Crippen molar-refractivity contribution in [3.8, 4) is 0 Å². The molecular weight excluding hydrogens is 256 g/mol. The zero-order valence-electron chi connectivity index (χ0n) is 12.6. The molecule has 2 aromatic carbocycles. The summed E-state index contributed by atoms with van der Waals surface area (Å²) >= 11 is 0. The smallest absolute Gasteiger partial charge is 0.0738 e. The third-order valence-corrected chi connectivity index (χ3v) is 3.15. The van der Waals surface area contributed by atoms with Crippen LogP contribution >= 0.6 is 0 Å². The summed E-state index contributed by atoms with van der Waals surface area (Å²) in [6.45, 7) is 4.12. The van der Waals surface area contributed by atoms with Gasteiger partial charge in [0.05, 0.1) is 12.2 Å². The molecule has 1 nitrogen and oxygen atoms in total. The summed E-state index contributed by atoms with van der Waals surface area (Å²) in [4.78, 5) is 0. The molecule has 108 valence electrons. The molecule has 0 amide bonds. The Labute approximate surface area is 127 Å². The Kier molecular flexibility index (Phi) is 5.99. The summed E-state index contributed by atoms with van der Waals surface area (Å²) in [6, 6.07) is 20.5.